The zero-order valence-corrected chi connectivity index (χ0v) is 51.9. The third kappa shape index (κ3) is 63.7. The van der Waals surface area contributed by atoms with E-state index in [0.29, 0.717) is 19.3 Å². The molecule has 0 saturated heterocycles. The summed E-state index contributed by atoms with van der Waals surface area (Å²) in [5.74, 6) is -0.887. The summed E-state index contributed by atoms with van der Waals surface area (Å²) in [6.07, 6.45) is 86.4. The normalized spacial score (nSPS) is 12.5. The second-order valence-corrected chi connectivity index (χ2v) is 22.7. The van der Waals surface area contributed by atoms with Gasteiger partial charge in [-0.15, -0.1) is 0 Å². The molecule has 6 nitrogen and oxygen atoms in total. The van der Waals surface area contributed by atoms with Gasteiger partial charge in [0.15, 0.2) is 6.10 Å². The van der Waals surface area contributed by atoms with Crippen molar-refractivity contribution in [2.75, 3.05) is 13.2 Å². The van der Waals surface area contributed by atoms with Crippen molar-refractivity contribution in [2.45, 2.75) is 354 Å². The highest BCUT2D eigenvalue weighted by Crippen LogP contribution is 2.17. The molecule has 452 valence electrons. The van der Waals surface area contributed by atoms with Crippen LogP contribution in [0.15, 0.2) is 72.9 Å². The summed E-state index contributed by atoms with van der Waals surface area (Å²) in [5.41, 5.74) is 0. The van der Waals surface area contributed by atoms with Crippen molar-refractivity contribution in [1.29, 1.82) is 0 Å². The number of esters is 3. The highest BCUT2D eigenvalue weighted by molar-refractivity contribution is 5.71. The van der Waals surface area contributed by atoms with Gasteiger partial charge in [0.25, 0.3) is 0 Å². The minimum Gasteiger partial charge on any atom is -0.462 e. The van der Waals surface area contributed by atoms with Crippen molar-refractivity contribution in [3.05, 3.63) is 72.9 Å². The molecule has 0 N–H and O–H groups in total. The summed E-state index contributed by atoms with van der Waals surface area (Å²) in [6.45, 7) is 6.60. The Morgan fingerprint density at radius 2 is 0.462 bits per heavy atom. The second-order valence-electron chi connectivity index (χ2n) is 22.7. The van der Waals surface area contributed by atoms with Crippen LogP contribution in [0.3, 0.4) is 0 Å². The number of hydrogen-bond acceptors (Lipinski definition) is 6. The van der Waals surface area contributed by atoms with Crippen LogP contribution in [-0.2, 0) is 28.6 Å². The Morgan fingerprint density at radius 3 is 0.756 bits per heavy atom. The highest BCUT2D eigenvalue weighted by Gasteiger charge is 2.19. The molecule has 0 bridgehead atoms. The lowest BCUT2D eigenvalue weighted by molar-refractivity contribution is -0.167. The molecule has 0 heterocycles. The Balaban J connectivity index is 4.22. The van der Waals surface area contributed by atoms with E-state index < -0.39 is 6.10 Å². The van der Waals surface area contributed by atoms with Gasteiger partial charge in [-0.2, -0.15) is 0 Å². The standard InChI is InChI=1S/C72H128O6/c1-4-7-10-13-16-19-22-25-27-29-31-32-33-34-35-36-37-38-39-40-42-43-45-47-50-53-56-59-62-65-71(74)77-68-69(67-76-70(73)64-61-58-55-52-49-24-21-18-15-12-9-6-3)78-72(75)66-63-60-57-54-51-48-46-44-41-30-28-26-23-20-17-14-11-8-5-2/h17-18,20-22,25-26,28-29,31,41,44,69H,4-16,19,23-24,27,30,32-40,42-43,45-68H2,1-3H3/b20-17-,21-18-,25-22-,28-26-,31-29-,44-41-. The largest absolute Gasteiger partial charge is 0.462 e. The summed E-state index contributed by atoms with van der Waals surface area (Å²) in [4.78, 5) is 38.3. The van der Waals surface area contributed by atoms with Gasteiger partial charge in [0.2, 0.25) is 0 Å². The van der Waals surface area contributed by atoms with Crippen LogP contribution in [-0.4, -0.2) is 37.2 Å². The second kappa shape index (κ2) is 66.4. The lowest BCUT2D eigenvalue weighted by Gasteiger charge is -2.18. The molecule has 0 aromatic heterocycles. The van der Waals surface area contributed by atoms with Crippen molar-refractivity contribution in [1.82, 2.24) is 0 Å². The Hall–Kier alpha value is -3.15. The maximum absolute atomic E-state index is 12.9. The molecule has 0 saturated carbocycles. The molecule has 0 spiro atoms. The first-order valence-electron chi connectivity index (χ1n) is 33.9. The van der Waals surface area contributed by atoms with Crippen LogP contribution in [0.25, 0.3) is 0 Å². The molecule has 0 fully saturated rings. The molecule has 0 aromatic carbocycles. The number of carbonyl (C=O) groups excluding carboxylic acids is 3. The minimum absolute atomic E-state index is 0.0809. The van der Waals surface area contributed by atoms with Gasteiger partial charge in [0.1, 0.15) is 13.2 Å². The summed E-state index contributed by atoms with van der Waals surface area (Å²) in [5, 5.41) is 0. The Labute approximate surface area is 484 Å². The lowest BCUT2D eigenvalue weighted by atomic mass is 10.0. The summed E-state index contributed by atoms with van der Waals surface area (Å²) < 4.78 is 16.9. The summed E-state index contributed by atoms with van der Waals surface area (Å²) >= 11 is 0. The molecular weight excluding hydrogens is 961 g/mol. The van der Waals surface area contributed by atoms with E-state index in [2.05, 4.69) is 93.7 Å². The molecule has 0 radical (unpaired) electrons. The highest BCUT2D eigenvalue weighted by atomic mass is 16.6. The first-order chi connectivity index (χ1) is 38.5. The Bertz CT molecular complexity index is 1440. The molecule has 0 amide bonds. The molecule has 1 unspecified atom stereocenters. The van der Waals surface area contributed by atoms with Crippen LogP contribution < -0.4 is 0 Å². The van der Waals surface area contributed by atoms with E-state index in [1.54, 1.807) is 0 Å². The fourth-order valence-electron chi connectivity index (χ4n) is 9.77. The van der Waals surface area contributed by atoms with Crippen LogP contribution in [0.4, 0.5) is 0 Å². The van der Waals surface area contributed by atoms with Gasteiger partial charge in [-0.25, -0.2) is 0 Å². The smallest absolute Gasteiger partial charge is 0.306 e. The molecular formula is C72H128O6. The summed E-state index contributed by atoms with van der Waals surface area (Å²) in [7, 11) is 0. The van der Waals surface area contributed by atoms with Gasteiger partial charge >= 0.3 is 17.9 Å². The van der Waals surface area contributed by atoms with E-state index in [-0.39, 0.29) is 31.1 Å². The van der Waals surface area contributed by atoms with Gasteiger partial charge in [0.05, 0.1) is 0 Å². The summed E-state index contributed by atoms with van der Waals surface area (Å²) in [6, 6.07) is 0. The van der Waals surface area contributed by atoms with Crippen LogP contribution in [0.1, 0.15) is 348 Å². The minimum atomic E-state index is -0.786. The monoisotopic (exact) mass is 1090 g/mol. The zero-order chi connectivity index (χ0) is 56.4. The molecule has 0 aliphatic rings. The topological polar surface area (TPSA) is 78.9 Å². The predicted octanol–water partition coefficient (Wildman–Crippen LogP) is 23.3. The maximum atomic E-state index is 12.9. The van der Waals surface area contributed by atoms with Crippen molar-refractivity contribution < 1.29 is 28.6 Å². The van der Waals surface area contributed by atoms with Crippen molar-refractivity contribution in [3.8, 4) is 0 Å². The van der Waals surface area contributed by atoms with E-state index in [9.17, 15) is 14.4 Å². The molecule has 6 heteroatoms. The first kappa shape index (κ1) is 74.8. The average Bonchev–Trinajstić information content (AvgIpc) is 3.44. The van der Waals surface area contributed by atoms with Crippen LogP contribution in [0.2, 0.25) is 0 Å². The zero-order valence-electron chi connectivity index (χ0n) is 51.9. The lowest BCUT2D eigenvalue weighted by Crippen LogP contribution is -2.30. The van der Waals surface area contributed by atoms with Gasteiger partial charge in [0, 0.05) is 19.3 Å². The molecule has 1 atom stereocenters. The molecule has 0 rings (SSSR count). The first-order valence-corrected chi connectivity index (χ1v) is 33.9. The van der Waals surface area contributed by atoms with Crippen molar-refractivity contribution >= 4 is 17.9 Å². The van der Waals surface area contributed by atoms with Crippen LogP contribution in [0.5, 0.6) is 0 Å². The van der Waals surface area contributed by atoms with Gasteiger partial charge in [-0.1, -0.05) is 286 Å². The Morgan fingerprint density at radius 1 is 0.256 bits per heavy atom. The number of unbranched alkanes of at least 4 members (excludes halogenated alkanes) is 39. The predicted molar refractivity (Wildman–Crippen MR) is 339 cm³/mol. The van der Waals surface area contributed by atoms with E-state index in [1.165, 1.54) is 212 Å². The number of carbonyl (C=O) groups is 3. The Kier molecular flexibility index (Phi) is 63.7. The van der Waals surface area contributed by atoms with E-state index in [4.69, 9.17) is 14.2 Å². The maximum Gasteiger partial charge on any atom is 0.306 e. The molecule has 0 aromatic rings. The van der Waals surface area contributed by atoms with Crippen molar-refractivity contribution in [2.24, 2.45) is 0 Å². The van der Waals surface area contributed by atoms with Gasteiger partial charge < -0.3 is 14.2 Å². The van der Waals surface area contributed by atoms with Crippen LogP contribution in [0, 0.1) is 0 Å². The van der Waals surface area contributed by atoms with E-state index in [1.807, 2.05) is 0 Å². The third-order valence-electron chi connectivity index (χ3n) is 14.9. The van der Waals surface area contributed by atoms with Gasteiger partial charge in [-0.05, 0) is 116 Å². The fourth-order valence-corrected chi connectivity index (χ4v) is 9.77. The number of hydrogen-bond donors (Lipinski definition) is 0. The third-order valence-corrected chi connectivity index (χ3v) is 14.9. The van der Waals surface area contributed by atoms with E-state index in [0.717, 1.165) is 96.3 Å². The SMILES string of the molecule is CCCCC/C=C\C/C=C\C/C=C\CCCCCCCCC(=O)OC(COC(=O)CCCCCCC/C=C\CCCCC)COC(=O)CCCCCCCCCCCCCCCCCCC/C=C\C/C=C\CCCCCCC. The molecule has 0 aliphatic carbocycles. The fraction of sp³-hybridized carbons (Fsp3) is 0.792. The number of ether oxygens (including phenoxy) is 3. The molecule has 78 heavy (non-hydrogen) atoms. The molecule has 0 aliphatic heterocycles. The number of allylic oxidation sites excluding steroid dienone is 12. The van der Waals surface area contributed by atoms with Crippen LogP contribution >= 0.6 is 0 Å². The van der Waals surface area contributed by atoms with Gasteiger partial charge in [-0.3, -0.25) is 14.4 Å². The average molecular weight is 1090 g/mol. The van der Waals surface area contributed by atoms with Crippen molar-refractivity contribution in [3.63, 3.8) is 0 Å². The quantitative estimate of drug-likeness (QED) is 0.0261. The number of rotatable bonds is 62. The van der Waals surface area contributed by atoms with E-state index >= 15 is 0 Å².